The molecule has 1 aliphatic carbocycles. The van der Waals surface area contributed by atoms with E-state index in [4.69, 9.17) is 0 Å². The molecule has 0 aromatic rings. The summed E-state index contributed by atoms with van der Waals surface area (Å²) in [6.45, 7) is 0.644. The van der Waals surface area contributed by atoms with Gasteiger partial charge >= 0.3 is 0 Å². The van der Waals surface area contributed by atoms with Crippen molar-refractivity contribution in [2.24, 2.45) is 5.92 Å². The minimum Gasteiger partial charge on any atom is -0.386 e. The van der Waals surface area contributed by atoms with E-state index in [9.17, 15) is 18.3 Å². The largest absolute Gasteiger partial charge is 0.386 e. The molecule has 0 aromatic carbocycles. The van der Waals surface area contributed by atoms with Crippen molar-refractivity contribution in [3.63, 3.8) is 0 Å². The van der Waals surface area contributed by atoms with Gasteiger partial charge in [-0.05, 0) is 31.6 Å². The van der Waals surface area contributed by atoms with Crippen LogP contribution in [0.4, 0.5) is 0 Å². The molecule has 2 heterocycles. The van der Waals surface area contributed by atoms with Gasteiger partial charge in [0, 0.05) is 0 Å². The fourth-order valence-electron chi connectivity index (χ4n) is 3.08. The van der Waals surface area contributed by atoms with Crippen molar-refractivity contribution in [3.05, 3.63) is 0 Å². The molecule has 1 N–H and O–H groups in total. The predicted molar refractivity (Wildman–Crippen MR) is 65.7 cm³/mol. The molecule has 102 valence electrons. The summed E-state index contributed by atoms with van der Waals surface area (Å²) in [5.74, 6) is 0.161. The highest BCUT2D eigenvalue weighted by atomic mass is 32.2. The summed E-state index contributed by atoms with van der Waals surface area (Å²) in [5, 5.41) is 9.30. The topological polar surface area (TPSA) is 74.7 Å². The third kappa shape index (κ3) is 1.95. The number of carbonyl (C=O) groups is 1. The van der Waals surface area contributed by atoms with E-state index in [0.717, 1.165) is 19.3 Å². The van der Waals surface area contributed by atoms with E-state index in [1.54, 1.807) is 0 Å². The Hall–Kier alpha value is -0.620. The zero-order valence-corrected chi connectivity index (χ0v) is 11.2. The van der Waals surface area contributed by atoms with Crippen LogP contribution in [-0.4, -0.2) is 54.0 Å². The maximum atomic E-state index is 12.2. The van der Waals surface area contributed by atoms with Gasteiger partial charge in [-0.15, -0.1) is 0 Å². The Morgan fingerprint density at radius 1 is 1.17 bits per heavy atom. The van der Waals surface area contributed by atoms with E-state index in [2.05, 4.69) is 0 Å². The fourth-order valence-corrected chi connectivity index (χ4v) is 4.96. The van der Waals surface area contributed by atoms with Gasteiger partial charge in [0.1, 0.15) is 10.9 Å². The van der Waals surface area contributed by atoms with Crippen LogP contribution < -0.4 is 0 Å². The minimum absolute atomic E-state index is 0.129. The Balaban J connectivity index is 1.65. The Morgan fingerprint density at radius 3 is 2.39 bits per heavy atom. The van der Waals surface area contributed by atoms with Crippen LogP contribution in [0.15, 0.2) is 0 Å². The van der Waals surface area contributed by atoms with E-state index in [0.29, 0.717) is 31.8 Å². The predicted octanol–water partition coefficient (Wildman–Crippen LogP) is -0.0630. The molecule has 1 atom stereocenters. The van der Waals surface area contributed by atoms with E-state index in [1.807, 2.05) is 0 Å². The standard InChI is InChI=1S/C12H19NO4S/c14-11(10-3-1-2-6-18(10,16)17)13-7-12(15,8-13)9-4-5-9/h9-10,15H,1-8H2. The molecule has 1 saturated carbocycles. The second-order valence-corrected chi connectivity index (χ2v) is 8.23. The fraction of sp³-hybridized carbons (Fsp3) is 0.917. The molecule has 18 heavy (non-hydrogen) atoms. The molecule has 0 radical (unpaired) electrons. The summed E-state index contributed by atoms with van der Waals surface area (Å²) in [6, 6.07) is 0. The van der Waals surface area contributed by atoms with Crippen LogP contribution in [0.1, 0.15) is 32.1 Å². The molecule has 3 rings (SSSR count). The number of hydrogen-bond acceptors (Lipinski definition) is 4. The molecular weight excluding hydrogens is 254 g/mol. The molecule has 2 saturated heterocycles. The lowest BCUT2D eigenvalue weighted by Crippen LogP contribution is -2.66. The maximum absolute atomic E-state index is 12.2. The molecule has 1 unspecified atom stereocenters. The lowest BCUT2D eigenvalue weighted by molar-refractivity contribution is -0.159. The Morgan fingerprint density at radius 2 is 1.83 bits per heavy atom. The summed E-state index contributed by atoms with van der Waals surface area (Å²) in [4.78, 5) is 13.7. The number of rotatable bonds is 2. The molecule has 3 fully saturated rings. The van der Waals surface area contributed by atoms with Gasteiger partial charge in [0.2, 0.25) is 5.91 Å². The van der Waals surface area contributed by atoms with E-state index >= 15 is 0 Å². The number of aliphatic hydroxyl groups is 1. The number of carbonyl (C=O) groups excluding carboxylic acids is 1. The molecule has 5 nitrogen and oxygen atoms in total. The highest BCUT2D eigenvalue weighted by Crippen LogP contribution is 2.44. The smallest absolute Gasteiger partial charge is 0.241 e. The van der Waals surface area contributed by atoms with Crippen LogP contribution in [0.3, 0.4) is 0 Å². The first-order valence-electron chi connectivity index (χ1n) is 6.65. The molecule has 2 aliphatic heterocycles. The van der Waals surface area contributed by atoms with Crippen LogP contribution in [0.5, 0.6) is 0 Å². The maximum Gasteiger partial charge on any atom is 0.241 e. The van der Waals surface area contributed by atoms with Gasteiger partial charge in [-0.1, -0.05) is 6.42 Å². The van der Waals surface area contributed by atoms with Gasteiger partial charge in [-0.2, -0.15) is 0 Å². The summed E-state index contributed by atoms with van der Waals surface area (Å²) in [5.41, 5.74) is -0.728. The van der Waals surface area contributed by atoms with Gasteiger partial charge in [0.15, 0.2) is 9.84 Å². The van der Waals surface area contributed by atoms with Crippen molar-refractivity contribution >= 4 is 15.7 Å². The minimum atomic E-state index is -3.26. The van der Waals surface area contributed by atoms with Crippen molar-refractivity contribution in [1.82, 2.24) is 4.90 Å². The molecular formula is C12H19NO4S. The number of nitrogens with zero attached hydrogens (tertiary/aromatic N) is 1. The quantitative estimate of drug-likeness (QED) is 0.764. The first-order valence-corrected chi connectivity index (χ1v) is 8.37. The van der Waals surface area contributed by atoms with E-state index in [-0.39, 0.29) is 11.7 Å². The second-order valence-electron chi connectivity index (χ2n) is 5.92. The van der Waals surface area contributed by atoms with Gasteiger partial charge in [-0.25, -0.2) is 8.42 Å². The highest BCUT2D eigenvalue weighted by Gasteiger charge is 2.54. The molecule has 0 bridgehead atoms. The van der Waals surface area contributed by atoms with E-state index < -0.39 is 20.7 Å². The third-order valence-electron chi connectivity index (χ3n) is 4.43. The zero-order valence-electron chi connectivity index (χ0n) is 10.3. The number of hydrogen-bond donors (Lipinski definition) is 1. The molecule has 0 spiro atoms. The Labute approximate surface area is 107 Å². The van der Waals surface area contributed by atoms with Crippen molar-refractivity contribution in [1.29, 1.82) is 0 Å². The first kappa shape index (κ1) is 12.4. The van der Waals surface area contributed by atoms with Gasteiger partial charge in [-0.3, -0.25) is 4.79 Å². The summed E-state index contributed by atoms with van der Waals surface area (Å²) >= 11 is 0. The number of likely N-dealkylation sites (tertiary alicyclic amines) is 1. The van der Waals surface area contributed by atoms with Crippen LogP contribution in [0.2, 0.25) is 0 Å². The van der Waals surface area contributed by atoms with Crippen molar-refractivity contribution in [2.45, 2.75) is 43.0 Å². The second kappa shape index (κ2) is 3.93. The molecule has 1 amide bonds. The van der Waals surface area contributed by atoms with Crippen LogP contribution in [0, 0.1) is 5.92 Å². The Kier molecular flexibility index (Phi) is 2.71. The number of β-amino-alcohol motifs (C(OH)–C–C–N with tert-alkyl or cyclic N) is 1. The normalized spacial score (nSPS) is 33.8. The number of amides is 1. The monoisotopic (exact) mass is 273 g/mol. The Bertz CT molecular complexity index is 462. The van der Waals surface area contributed by atoms with Crippen molar-refractivity contribution < 1.29 is 18.3 Å². The summed E-state index contributed by atoms with van der Waals surface area (Å²) in [6.07, 6.45) is 3.97. The van der Waals surface area contributed by atoms with Crippen molar-refractivity contribution in [2.75, 3.05) is 18.8 Å². The summed E-state index contributed by atoms with van der Waals surface area (Å²) < 4.78 is 23.7. The lowest BCUT2D eigenvalue weighted by Gasteiger charge is -2.48. The van der Waals surface area contributed by atoms with Gasteiger partial charge in [0.05, 0.1) is 18.8 Å². The molecule has 6 heteroatoms. The van der Waals surface area contributed by atoms with Crippen LogP contribution >= 0.6 is 0 Å². The highest BCUT2D eigenvalue weighted by molar-refractivity contribution is 7.92. The first-order chi connectivity index (χ1) is 8.42. The van der Waals surface area contributed by atoms with Gasteiger partial charge < -0.3 is 10.0 Å². The third-order valence-corrected chi connectivity index (χ3v) is 6.59. The number of sulfone groups is 1. The zero-order chi connectivity index (χ0) is 13.0. The average Bonchev–Trinajstić information content (AvgIpc) is 3.07. The average molecular weight is 273 g/mol. The summed E-state index contributed by atoms with van der Waals surface area (Å²) in [7, 11) is -3.26. The van der Waals surface area contributed by atoms with Gasteiger partial charge in [0.25, 0.3) is 0 Å². The van der Waals surface area contributed by atoms with Crippen LogP contribution in [-0.2, 0) is 14.6 Å². The van der Waals surface area contributed by atoms with Crippen molar-refractivity contribution in [3.8, 4) is 0 Å². The molecule has 3 aliphatic rings. The SMILES string of the molecule is O=C(C1CCCCS1(=O)=O)N1CC(O)(C2CC2)C1. The van der Waals surface area contributed by atoms with E-state index in [1.165, 1.54) is 4.90 Å². The van der Waals surface area contributed by atoms with Crippen LogP contribution in [0.25, 0.3) is 0 Å². The lowest BCUT2D eigenvalue weighted by atomic mass is 9.88. The molecule has 0 aromatic heterocycles.